The summed E-state index contributed by atoms with van der Waals surface area (Å²) in [5.74, 6) is 0.164. The van der Waals surface area contributed by atoms with Crippen LogP contribution >= 0.6 is 11.6 Å². The van der Waals surface area contributed by atoms with Gasteiger partial charge in [0.2, 0.25) is 0 Å². The highest BCUT2D eigenvalue weighted by Gasteiger charge is 2.20. The van der Waals surface area contributed by atoms with Crippen LogP contribution < -0.4 is 5.32 Å². The summed E-state index contributed by atoms with van der Waals surface area (Å²) in [5, 5.41) is 13.1. The Bertz CT molecular complexity index is 310. The zero-order chi connectivity index (χ0) is 9.26. The summed E-state index contributed by atoms with van der Waals surface area (Å²) in [6, 6.07) is 6.00. The van der Waals surface area contributed by atoms with Crippen LogP contribution in [-0.2, 0) is 6.54 Å². The van der Waals surface area contributed by atoms with Gasteiger partial charge in [-0.25, -0.2) is 0 Å². The molecule has 0 aliphatic heterocycles. The average molecular weight is 198 g/mol. The number of rotatable bonds is 3. The molecule has 0 amide bonds. The first-order chi connectivity index (χ1) is 6.27. The van der Waals surface area contributed by atoms with E-state index in [1.165, 1.54) is 12.8 Å². The lowest BCUT2D eigenvalue weighted by Crippen LogP contribution is -2.15. The third-order valence-electron chi connectivity index (χ3n) is 2.22. The van der Waals surface area contributed by atoms with Crippen LogP contribution in [0.15, 0.2) is 18.2 Å². The molecule has 0 saturated heterocycles. The first-order valence-electron chi connectivity index (χ1n) is 4.47. The molecule has 70 valence electrons. The third kappa shape index (κ3) is 2.14. The second-order valence-electron chi connectivity index (χ2n) is 3.41. The van der Waals surface area contributed by atoms with Crippen LogP contribution in [-0.4, -0.2) is 11.1 Å². The SMILES string of the molecule is Oc1cccc(CNC2CC2)c1Cl. The molecule has 1 aliphatic carbocycles. The van der Waals surface area contributed by atoms with E-state index in [2.05, 4.69) is 5.32 Å². The predicted molar refractivity (Wildman–Crippen MR) is 53.0 cm³/mol. The highest BCUT2D eigenvalue weighted by molar-refractivity contribution is 6.32. The molecule has 2 N–H and O–H groups in total. The fourth-order valence-corrected chi connectivity index (χ4v) is 1.44. The van der Waals surface area contributed by atoms with Crippen LogP contribution in [0.3, 0.4) is 0 Å². The lowest BCUT2D eigenvalue weighted by Gasteiger charge is -2.06. The maximum absolute atomic E-state index is 9.32. The molecule has 0 heterocycles. The highest BCUT2D eigenvalue weighted by atomic mass is 35.5. The molecular formula is C10H12ClNO. The van der Waals surface area contributed by atoms with Gasteiger partial charge in [-0.2, -0.15) is 0 Å². The Morgan fingerprint density at radius 2 is 2.23 bits per heavy atom. The monoisotopic (exact) mass is 197 g/mol. The van der Waals surface area contributed by atoms with E-state index in [0.29, 0.717) is 11.1 Å². The van der Waals surface area contributed by atoms with Crippen molar-refractivity contribution < 1.29 is 5.11 Å². The Balaban J connectivity index is 2.05. The summed E-state index contributed by atoms with van der Waals surface area (Å²) in [5.41, 5.74) is 0.966. The molecule has 13 heavy (non-hydrogen) atoms. The van der Waals surface area contributed by atoms with Crippen molar-refractivity contribution in [2.45, 2.75) is 25.4 Å². The van der Waals surface area contributed by atoms with E-state index >= 15 is 0 Å². The molecule has 0 radical (unpaired) electrons. The van der Waals surface area contributed by atoms with Crippen LogP contribution in [0.5, 0.6) is 5.75 Å². The number of hydrogen-bond acceptors (Lipinski definition) is 2. The average Bonchev–Trinajstić information content (AvgIpc) is 2.91. The molecule has 2 rings (SSSR count). The maximum Gasteiger partial charge on any atom is 0.134 e. The molecule has 2 nitrogen and oxygen atoms in total. The second kappa shape index (κ2) is 3.56. The predicted octanol–water partition coefficient (Wildman–Crippen LogP) is 2.30. The van der Waals surface area contributed by atoms with Crippen molar-refractivity contribution >= 4 is 11.6 Å². The van der Waals surface area contributed by atoms with E-state index in [1.54, 1.807) is 6.07 Å². The molecule has 1 aliphatic rings. The van der Waals surface area contributed by atoms with E-state index in [4.69, 9.17) is 11.6 Å². The molecule has 3 heteroatoms. The largest absolute Gasteiger partial charge is 0.506 e. The lowest BCUT2D eigenvalue weighted by molar-refractivity contribution is 0.474. The zero-order valence-corrected chi connectivity index (χ0v) is 8.01. The fraction of sp³-hybridized carbons (Fsp3) is 0.400. The molecule has 0 unspecified atom stereocenters. The number of halogens is 1. The second-order valence-corrected chi connectivity index (χ2v) is 3.78. The maximum atomic E-state index is 9.32. The summed E-state index contributed by atoms with van der Waals surface area (Å²) >= 11 is 5.91. The first kappa shape index (κ1) is 8.85. The number of phenols is 1. The minimum atomic E-state index is 0.164. The van der Waals surface area contributed by atoms with E-state index in [1.807, 2.05) is 12.1 Å². The Morgan fingerprint density at radius 1 is 1.46 bits per heavy atom. The van der Waals surface area contributed by atoms with Gasteiger partial charge in [0.15, 0.2) is 0 Å². The lowest BCUT2D eigenvalue weighted by atomic mass is 10.2. The van der Waals surface area contributed by atoms with Crippen molar-refractivity contribution in [3.8, 4) is 5.75 Å². The van der Waals surface area contributed by atoms with Gasteiger partial charge >= 0.3 is 0 Å². The van der Waals surface area contributed by atoms with Crippen molar-refractivity contribution in [2.24, 2.45) is 0 Å². The van der Waals surface area contributed by atoms with Crippen molar-refractivity contribution in [3.63, 3.8) is 0 Å². The molecule has 0 spiro atoms. The smallest absolute Gasteiger partial charge is 0.134 e. The molecule has 0 atom stereocenters. The Morgan fingerprint density at radius 3 is 2.92 bits per heavy atom. The molecule has 1 aromatic rings. The third-order valence-corrected chi connectivity index (χ3v) is 2.65. The van der Waals surface area contributed by atoms with Gasteiger partial charge in [-0.1, -0.05) is 23.7 Å². The summed E-state index contributed by atoms with van der Waals surface area (Å²) in [6.07, 6.45) is 2.52. The Labute approximate surface area is 82.5 Å². The summed E-state index contributed by atoms with van der Waals surface area (Å²) < 4.78 is 0. The van der Waals surface area contributed by atoms with Gasteiger partial charge in [-0.3, -0.25) is 0 Å². The van der Waals surface area contributed by atoms with Crippen molar-refractivity contribution in [1.29, 1.82) is 0 Å². The van der Waals surface area contributed by atoms with Gasteiger partial charge in [0, 0.05) is 12.6 Å². The van der Waals surface area contributed by atoms with E-state index in [0.717, 1.165) is 12.1 Å². The van der Waals surface area contributed by atoms with Gasteiger partial charge < -0.3 is 10.4 Å². The van der Waals surface area contributed by atoms with Crippen LogP contribution in [0, 0.1) is 0 Å². The molecule has 1 aromatic carbocycles. The van der Waals surface area contributed by atoms with E-state index in [-0.39, 0.29) is 5.75 Å². The summed E-state index contributed by atoms with van der Waals surface area (Å²) in [6.45, 7) is 0.748. The fourth-order valence-electron chi connectivity index (χ4n) is 1.24. The van der Waals surface area contributed by atoms with Crippen LogP contribution in [0.2, 0.25) is 5.02 Å². The van der Waals surface area contributed by atoms with E-state index in [9.17, 15) is 5.11 Å². The first-order valence-corrected chi connectivity index (χ1v) is 4.85. The summed E-state index contributed by atoms with van der Waals surface area (Å²) in [4.78, 5) is 0. The summed E-state index contributed by atoms with van der Waals surface area (Å²) in [7, 11) is 0. The Kier molecular flexibility index (Phi) is 2.42. The number of benzene rings is 1. The van der Waals surface area contributed by atoms with Gasteiger partial charge in [0.1, 0.15) is 5.75 Å². The minimum absolute atomic E-state index is 0.164. The molecule has 0 aromatic heterocycles. The highest BCUT2D eigenvalue weighted by Crippen LogP contribution is 2.27. The van der Waals surface area contributed by atoms with Crippen molar-refractivity contribution in [3.05, 3.63) is 28.8 Å². The van der Waals surface area contributed by atoms with Crippen molar-refractivity contribution in [1.82, 2.24) is 5.32 Å². The molecular weight excluding hydrogens is 186 g/mol. The quantitative estimate of drug-likeness (QED) is 0.780. The molecule has 1 saturated carbocycles. The van der Waals surface area contributed by atoms with Gasteiger partial charge in [0.05, 0.1) is 5.02 Å². The topological polar surface area (TPSA) is 32.3 Å². The van der Waals surface area contributed by atoms with Gasteiger partial charge in [-0.05, 0) is 24.5 Å². The molecule has 0 bridgehead atoms. The number of nitrogens with one attached hydrogen (secondary N) is 1. The Hall–Kier alpha value is -0.730. The minimum Gasteiger partial charge on any atom is -0.506 e. The van der Waals surface area contributed by atoms with Crippen LogP contribution in [0.1, 0.15) is 18.4 Å². The van der Waals surface area contributed by atoms with Gasteiger partial charge in [0.25, 0.3) is 0 Å². The number of aromatic hydroxyl groups is 1. The van der Waals surface area contributed by atoms with Gasteiger partial charge in [-0.15, -0.1) is 0 Å². The molecule has 1 fully saturated rings. The van der Waals surface area contributed by atoms with Crippen molar-refractivity contribution in [2.75, 3.05) is 0 Å². The number of hydrogen-bond donors (Lipinski definition) is 2. The zero-order valence-electron chi connectivity index (χ0n) is 7.26. The normalized spacial score (nSPS) is 16.1. The van der Waals surface area contributed by atoms with Crippen LogP contribution in [0.4, 0.5) is 0 Å². The standard InChI is InChI=1S/C10H12ClNO/c11-10-7(2-1-3-9(10)13)6-12-8-4-5-8/h1-3,8,12-13H,4-6H2. The van der Waals surface area contributed by atoms with E-state index < -0.39 is 0 Å². The number of phenolic OH excluding ortho intramolecular Hbond substituents is 1. The van der Waals surface area contributed by atoms with Crippen LogP contribution in [0.25, 0.3) is 0 Å².